The summed E-state index contributed by atoms with van der Waals surface area (Å²) in [6.45, 7) is 4.49. The minimum absolute atomic E-state index is 0.108. The number of carbonyl (C=O) groups is 2. The van der Waals surface area contributed by atoms with Gasteiger partial charge in [-0.15, -0.1) is 0 Å². The largest absolute Gasteiger partial charge is 0.342 e. The van der Waals surface area contributed by atoms with Crippen LogP contribution in [0.25, 0.3) is 0 Å². The SMILES string of the molecule is CC1CN(C(=O)C2(CCCC(=O)N3Cc4cccnc4Nc4ccccc43)CCCCC2)C1. The molecule has 6 nitrogen and oxygen atoms in total. The quantitative estimate of drug-likeness (QED) is 0.679. The fraction of sp³-hybridized carbons (Fsp3) is 0.519. The van der Waals surface area contributed by atoms with Crippen LogP contribution in [0.4, 0.5) is 17.2 Å². The number of hydrogen-bond acceptors (Lipinski definition) is 4. The smallest absolute Gasteiger partial charge is 0.228 e. The van der Waals surface area contributed by atoms with Crippen molar-refractivity contribution in [3.05, 3.63) is 48.2 Å². The lowest BCUT2D eigenvalue weighted by molar-refractivity contribution is -0.151. The van der Waals surface area contributed by atoms with E-state index in [0.717, 1.165) is 74.4 Å². The molecular weight excluding hydrogens is 412 g/mol. The number of nitrogens with one attached hydrogen (secondary N) is 1. The van der Waals surface area contributed by atoms with Crippen molar-refractivity contribution in [3.63, 3.8) is 0 Å². The third kappa shape index (κ3) is 4.35. The molecule has 5 rings (SSSR count). The minimum Gasteiger partial charge on any atom is -0.342 e. The second-order valence-corrected chi connectivity index (χ2v) is 10.1. The van der Waals surface area contributed by atoms with Gasteiger partial charge in [-0.05, 0) is 49.8 Å². The summed E-state index contributed by atoms with van der Waals surface area (Å²) < 4.78 is 0. The number of pyridine rings is 1. The lowest BCUT2D eigenvalue weighted by atomic mass is 9.69. The Bertz CT molecular complexity index is 1020. The molecule has 0 spiro atoms. The maximum absolute atomic E-state index is 13.5. The first kappa shape index (κ1) is 21.9. The Morgan fingerprint density at radius 3 is 2.67 bits per heavy atom. The van der Waals surface area contributed by atoms with Gasteiger partial charge in [-0.3, -0.25) is 9.59 Å². The van der Waals surface area contributed by atoms with Gasteiger partial charge in [0, 0.05) is 36.7 Å². The number of para-hydroxylation sites is 2. The van der Waals surface area contributed by atoms with E-state index < -0.39 is 0 Å². The number of nitrogens with zero attached hydrogens (tertiary/aromatic N) is 3. The lowest BCUT2D eigenvalue weighted by Gasteiger charge is -2.46. The predicted molar refractivity (Wildman–Crippen MR) is 130 cm³/mol. The Labute approximate surface area is 196 Å². The Kier molecular flexibility index (Phi) is 6.09. The standard InChI is InChI=1S/C27H34N4O2/c1-20-17-30(18-20)26(33)27(13-5-2-6-14-27)15-7-12-24(32)31-19-21-9-8-16-28-25(21)29-22-10-3-4-11-23(22)31/h3-4,8-11,16,20H,2,5-7,12-15,17-19H2,1H3,(H,28,29). The van der Waals surface area contributed by atoms with Gasteiger partial charge >= 0.3 is 0 Å². The zero-order chi connectivity index (χ0) is 22.8. The van der Waals surface area contributed by atoms with Gasteiger partial charge in [0.05, 0.1) is 17.9 Å². The molecular formula is C27H34N4O2. The van der Waals surface area contributed by atoms with Crippen LogP contribution in [-0.2, 0) is 16.1 Å². The molecule has 1 aromatic carbocycles. The second-order valence-electron chi connectivity index (χ2n) is 10.1. The van der Waals surface area contributed by atoms with Gasteiger partial charge in [0.25, 0.3) is 0 Å². The third-order valence-corrected chi connectivity index (χ3v) is 7.63. The molecule has 2 fully saturated rings. The van der Waals surface area contributed by atoms with E-state index in [4.69, 9.17) is 0 Å². The molecule has 0 radical (unpaired) electrons. The summed E-state index contributed by atoms with van der Waals surface area (Å²) in [5, 5.41) is 3.39. The summed E-state index contributed by atoms with van der Waals surface area (Å²) in [5.41, 5.74) is 2.54. The van der Waals surface area contributed by atoms with Crippen molar-refractivity contribution in [3.8, 4) is 0 Å². The van der Waals surface area contributed by atoms with Crippen molar-refractivity contribution in [2.75, 3.05) is 23.3 Å². The number of likely N-dealkylation sites (tertiary alicyclic amines) is 1. The number of carbonyl (C=O) groups excluding carboxylic acids is 2. The van der Waals surface area contributed by atoms with Gasteiger partial charge in [0.15, 0.2) is 0 Å². The van der Waals surface area contributed by atoms with Gasteiger partial charge < -0.3 is 15.1 Å². The van der Waals surface area contributed by atoms with Crippen LogP contribution >= 0.6 is 0 Å². The molecule has 3 heterocycles. The summed E-state index contributed by atoms with van der Waals surface area (Å²) in [6.07, 6.45) is 9.20. The number of rotatable bonds is 5. The molecule has 6 heteroatoms. The molecule has 0 unspecified atom stereocenters. The molecule has 1 aromatic heterocycles. The predicted octanol–water partition coefficient (Wildman–Crippen LogP) is 5.27. The van der Waals surface area contributed by atoms with Crippen molar-refractivity contribution in [1.82, 2.24) is 9.88 Å². The van der Waals surface area contributed by atoms with Gasteiger partial charge in [0.2, 0.25) is 11.8 Å². The Morgan fingerprint density at radius 1 is 1.09 bits per heavy atom. The number of benzene rings is 1. The third-order valence-electron chi connectivity index (χ3n) is 7.63. The lowest BCUT2D eigenvalue weighted by Crippen LogP contribution is -2.55. The maximum atomic E-state index is 13.5. The summed E-state index contributed by atoms with van der Waals surface area (Å²) in [4.78, 5) is 35.3. The van der Waals surface area contributed by atoms with E-state index in [0.29, 0.717) is 24.8 Å². The Balaban J connectivity index is 1.29. The van der Waals surface area contributed by atoms with Gasteiger partial charge in [-0.1, -0.05) is 44.4 Å². The molecule has 1 N–H and O–H groups in total. The first-order valence-corrected chi connectivity index (χ1v) is 12.5. The molecule has 2 aromatic rings. The van der Waals surface area contributed by atoms with Crippen molar-refractivity contribution in [2.45, 2.75) is 64.8 Å². The van der Waals surface area contributed by atoms with Crippen molar-refractivity contribution in [2.24, 2.45) is 11.3 Å². The average Bonchev–Trinajstić information content (AvgIpc) is 2.99. The van der Waals surface area contributed by atoms with Crippen LogP contribution in [0, 0.1) is 11.3 Å². The number of aromatic nitrogens is 1. The van der Waals surface area contributed by atoms with Crippen LogP contribution in [0.3, 0.4) is 0 Å². The van der Waals surface area contributed by atoms with E-state index >= 15 is 0 Å². The molecule has 1 saturated carbocycles. The van der Waals surface area contributed by atoms with E-state index in [1.165, 1.54) is 6.42 Å². The molecule has 3 aliphatic rings. The Morgan fingerprint density at radius 2 is 1.88 bits per heavy atom. The number of hydrogen-bond donors (Lipinski definition) is 1. The van der Waals surface area contributed by atoms with Crippen molar-refractivity contribution in [1.29, 1.82) is 0 Å². The van der Waals surface area contributed by atoms with Crippen LogP contribution < -0.4 is 10.2 Å². The van der Waals surface area contributed by atoms with E-state index in [2.05, 4.69) is 22.1 Å². The highest BCUT2D eigenvalue weighted by molar-refractivity contribution is 5.98. The summed E-state index contributed by atoms with van der Waals surface area (Å²) >= 11 is 0. The van der Waals surface area contributed by atoms with Gasteiger partial charge in [-0.25, -0.2) is 4.98 Å². The Hall–Kier alpha value is -2.89. The molecule has 1 saturated heterocycles. The molecule has 2 amide bonds. The fourth-order valence-electron chi connectivity index (χ4n) is 5.81. The minimum atomic E-state index is -0.257. The summed E-state index contributed by atoms with van der Waals surface area (Å²) in [7, 11) is 0. The van der Waals surface area contributed by atoms with E-state index in [9.17, 15) is 9.59 Å². The number of anilines is 3. The monoisotopic (exact) mass is 446 g/mol. The average molecular weight is 447 g/mol. The molecule has 0 atom stereocenters. The molecule has 33 heavy (non-hydrogen) atoms. The zero-order valence-electron chi connectivity index (χ0n) is 19.6. The highest BCUT2D eigenvalue weighted by atomic mass is 16.2. The van der Waals surface area contributed by atoms with Gasteiger partial charge in [-0.2, -0.15) is 0 Å². The van der Waals surface area contributed by atoms with Gasteiger partial charge in [0.1, 0.15) is 5.82 Å². The van der Waals surface area contributed by atoms with Crippen molar-refractivity contribution >= 4 is 29.0 Å². The van der Waals surface area contributed by atoms with E-state index in [1.807, 2.05) is 41.3 Å². The van der Waals surface area contributed by atoms with Crippen LogP contribution in [0.2, 0.25) is 0 Å². The normalized spacial score (nSPS) is 19.5. The van der Waals surface area contributed by atoms with Crippen LogP contribution in [0.1, 0.15) is 63.9 Å². The highest BCUT2D eigenvalue weighted by Crippen LogP contribution is 2.43. The molecule has 2 aliphatic heterocycles. The topological polar surface area (TPSA) is 65.5 Å². The first-order valence-electron chi connectivity index (χ1n) is 12.5. The van der Waals surface area contributed by atoms with E-state index in [1.54, 1.807) is 6.20 Å². The molecule has 1 aliphatic carbocycles. The van der Waals surface area contributed by atoms with E-state index in [-0.39, 0.29) is 11.3 Å². The van der Waals surface area contributed by atoms with Crippen LogP contribution in [0.15, 0.2) is 42.6 Å². The molecule has 174 valence electrons. The van der Waals surface area contributed by atoms with Crippen LogP contribution in [0.5, 0.6) is 0 Å². The fourth-order valence-corrected chi connectivity index (χ4v) is 5.81. The maximum Gasteiger partial charge on any atom is 0.228 e. The number of fused-ring (bicyclic) bond motifs is 2. The second kappa shape index (κ2) is 9.16. The van der Waals surface area contributed by atoms with Crippen molar-refractivity contribution < 1.29 is 9.59 Å². The zero-order valence-corrected chi connectivity index (χ0v) is 19.6. The number of amides is 2. The molecule has 0 bridgehead atoms. The summed E-state index contributed by atoms with van der Waals surface area (Å²) in [5.74, 6) is 1.87. The highest BCUT2D eigenvalue weighted by Gasteiger charge is 2.44. The summed E-state index contributed by atoms with van der Waals surface area (Å²) in [6, 6.07) is 11.8. The van der Waals surface area contributed by atoms with Crippen LogP contribution in [-0.4, -0.2) is 34.8 Å². The first-order chi connectivity index (χ1) is 16.1.